The van der Waals surface area contributed by atoms with Gasteiger partial charge in [-0.1, -0.05) is 12.1 Å². The van der Waals surface area contributed by atoms with Crippen molar-refractivity contribution in [2.75, 3.05) is 0 Å². The molecule has 1 aromatic heterocycles. The Bertz CT molecular complexity index is 638. The second-order valence-electron chi connectivity index (χ2n) is 3.37. The fourth-order valence-corrected chi connectivity index (χ4v) is 2.00. The number of nitrogens with zero attached hydrogens (tertiary/aromatic N) is 2. The van der Waals surface area contributed by atoms with Crippen LogP contribution in [0.5, 0.6) is 0 Å². The van der Waals surface area contributed by atoms with Crippen molar-refractivity contribution >= 4 is 27.6 Å². The number of hydrogen-bond donors (Lipinski definition) is 2. The van der Waals surface area contributed by atoms with E-state index in [0.717, 1.165) is 0 Å². The maximum Gasteiger partial charge on any atom is 0.355 e. The van der Waals surface area contributed by atoms with Gasteiger partial charge < -0.3 is 5.11 Å². The number of carboxylic acid groups (broad SMARTS) is 1. The maximum absolute atomic E-state index is 10.8. The topological polar surface area (TPSA) is 109 Å². The molecule has 2 rings (SSSR count). The summed E-state index contributed by atoms with van der Waals surface area (Å²) in [4.78, 5) is 21.0. The summed E-state index contributed by atoms with van der Waals surface area (Å²) >= 11 is 3.11. The van der Waals surface area contributed by atoms with Crippen molar-refractivity contribution in [1.82, 2.24) is 10.2 Å². The van der Waals surface area contributed by atoms with Crippen LogP contribution in [0.4, 0.5) is 5.69 Å². The van der Waals surface area contributed by atoms with Crippen molar-refractivity contribution in [3.05, 3.63) is 44.5 Å². The van der Waals surface area contributed by atoms with Gasteiger partial charge in [-0.15, -0.1) is 0 Å². The Morgan fingerprint density at radius 1 is 1.50 bits per heavy atom. The van der Waals surface area contributed by atoms with Gasteiger partial charge in [-0.3, -0.25) is 15.2 Å². The van der Waals surface area contributed by atoms with Crippen LogP contribution in [-0.4, -0.2) is 26.2 Å². The van der Waals surface area contributed by atoms with Gasteiger partial charge in [-0.25, -0.2) is 4.79 Å². The molecule has 0 bridgehead atoms. The van der Waals surface area contributed by atoms with Crippen molar-refractivity contribution < 1.29 is 14.8 Å². The summed E-state index contributed by atoms with van der Waals surface area (Å²) in [6.07, 6.45) is 0. The Morgan fingerprint density at radius 2 is 2.22 bits per heavy atom. The molecule has 0 saturated carbocycles. The molecule has 7 nitrogen and oxygen atoms in total. The molecule has 18 heavy (non-hydrogen) atoms. The summed E-state index contributed by atoms with van der Waals surface area (Å²) in [5.41, 5.74) is 0.590. The van der Waals surface area contributed by atoms with E-state index in [0.29, 0.717) is 11.3 Å². The van der Waals surface area contributed by atoms with Crippen molar-refractivity contribution in [1.29, 1.82) is 0 Å². The minimum atomic E-state index is -1.16. The Hall–Kier alpha value is -2.22. The highest BCUT2D eigenvalue weighted by atomic mass is 79.9. The lowest BCUT2D eigenvalue weighted by atomic mass is 10.1. The maximum atomic E-state index is 10.8. The number of rotatable bonds is 3. The minimum Gasteiger partial charge on any atom is -0.476 e. The predicted molar refractivity (Wildman–Crippen MR) is 65.3 cm³/mol. The van der Waals surface area contributed by atoms with Gasteiger partial charge in [0.15, 0.2) is 5.69 Å². The van der Waals surface area contributed by atoms with E-state index >= 15 is 0 Å². The molecule has 0 unspecified atom stereocenters. The van der Waals surface area contributed by atoms with Gasteiger partial charge in [-0.05, 0) is 15.9 Å². The third-order valence-corrected chi connectivity index (χ3v) is 3.02. The van der Waals surface area contributed by atoms with Crippen LogP contribution in [0.15, 0.2) is 28.7 Å². The van der Waals surface area contributed by atoms with Crippen LogP contribution in [0.3, 0.4) is 0 Å². The molecule has 0 spiro atoms. The standard InChI is InChI=1S/C10H6BrN3O4/c11-7-8(12-13-9(7)10(15)16)5-2-1-3-6(4-5)14(17)18/h1-4H,(H,12,13)(H,15,16). The highest BCUT2D eigenvalue weighted by Crippen LogP contribution is 2.30. The first-order valence-corrected chi connectivity index (χ1v) is 5.52. The molecule has 0 aliphatic rings. The molecule has 1 heterocycles. The van der Waals surface area contributed by atoms with Crippen LogP contribution < -0.4 is 0 Å². The summed E-state index contributed by atoms with van der Waals surface area (Å²) < 4.78 is 0.260. The van der Waals surface area contributed by atoms with Gasteiger partial charge in [0.25, 0.3) is 5.69 Å². The quantitative estimate of drug-likeness (QED) is 0.668. The molecule has 0 aliphatic heterocycles. The van der Waals surface area contributed by atoms with Crippen molar-refractivity contribution in [3.8, 4) is 11.3 Å². The molecular weight excluding hydrogens is 306 g/mol. The second kappa shape index (κ2) is 4.57. The van der Waals surface area contributed by atoms with Crippen LogP contribution in [0.2, 0.25) is 0 Å². The molecule has 1 aromatic carbocycles. The van der Waals surface area contributed by atoms with Crippen LogP contribution in [0.1, 0.15) is 10.5 Å². The molecule has 0 atom stereocenters. The molecule has 2 N–H and O–H groups in total. The molecule has 8 heteroatoms. The Balaban J connectivity index is 2.52. The molecule has 0 saturated heterocycles. The van der Waals surface area contributed by atoms with Crippen LogP contribution in [0.25, 0.3) is 11.3 Å². The largest absolute Gasteiger partial charge is 0.476 e. The monoisotopic (exact) mass is 311 g/mol. The number of hydrogen-bond acceptors (Lipinski definition) is 4. The number of non-ortho nitro benzene ring substituents is 1. The lowest BCUT2D eigenvalue weighted by Gasteiger charge is -1.97. The molecule has 0 amide bonds. The fourth-order valence-electron chi connectivity index (χ4n) is 1.43. The van der Waals surface area contributed by atoms with E-state index in [1.807, 2.05) is 0 Å². The predicted octanol–water partition coefficient (Wildman–Crippen LogP) is 2.45. The number of halogens is 1. The van der Waals surface area contributed by atoms with Crippen molar-refractivity contribution in [3.63, 3.8) is 0 Å². The summed E-state index contributed by atoms with van der Waals surface area (Å²) in [6.45, 7) is 0. The Morgan fingerprint density at radius 3 is 2.78 bits per heavy atom. The number of benzene rings is 1. The smallest absolute Gasteiger partial charge is 0.355 e. The molecule has 0 aliphatic carbocycles. The first kappa shape index (κ1) is 12.2. The lowest BCUT2D eigenvalue weighted by molar-refractivity contribution is -0.384. The number of nitrogens with one attached hydrogen (secondary N) is 1. The number of H-pyrrole nitrogens is 1. The molecule has 2 aromatic rings. The third-order valence-electron chi connectivity index (χ3n) is 2.25. The van der Waals surface area contributed by atoms with Crippen LogP contribution in [-0.2, 0) is 0 Å². The van der Waals surface area contributed by atoms with E-state index in [-0.39, 0.29) is 15.9 Å². The average Bonchev–Trinajstić information content (AvgIpc) is 2.71. The zero-order chi connectivity index (χ0) is 13.3. The first-order valence-electron chi connectivity index (χ1n) is 4.72. The molecule has 92 valence electrons. The first-order chi connectivity index (χ1) is 8.50. The number of nitro benzene ring substituents is 1. The van der Waals surface area contributed by atoms with Crippen molar-refractivity contribution in [2.45, 2.75) is 0 Å². The number of aromatic carboxylic acids is 1. The number of carbonyl (C=O) groups is 1. The van der Waals surface area contributed by atoms with Crippen molar-refractivity contribution in [2.24, 2.45) is 0 Å². The fraction of sp³-hybridized carbons (Fsp3) is 0. The van der Waals surface area contributed by atoms with E-state index in [1.165, 1.54) is 18.2 Å². The number of aromatic amines is 1. The highest BCUT2D eigenvalue weighted by molar-refractivity contribution is 9.10. The third kappa shape index (κ3) is 2.09. The molecular formula is C10H6BrN3O4. The van der Waals surface area contributed by atoms with Gasteiger partial charge in [-0.2, -0.15) is 5.10 Å². The Kier molecular flexibility index (Phi) is 3.11. The zero-order valence-electron chi connectivity index (χ0n) is 8.75. The van der Waals surface area contributed by atoms with Crippen LogP contribution >= 0.6 is 15.9 Å². The lowest BCUT2D eigenvalue weighted by Crippen LogP contribution is -1.96. The van der Waals surface area contributed by atoms with E-state index in [9.17, 15) is 14.9 Å². The highest BCUT2D eigenvalue weighted by Gasteiger charge is 2.18. The van der Waals surface area contributed by atoms with Gasteiger partial charge >= 0.3 is 5.97 Å². The van der Waals surface area contributed by atoms with E-state index in [1.54, 1.807) is 6.07 Å². The summed E-state index contributed by atoms with van der Waals surface area (Å²) in [5.74, 6) is -1.16. The summed E-state index contributed by atoms with van der Waals surface area (Å²) in [7, 11) is 0. The SMILES string of the molecule is O=C(O)c1[nH]nc(-c2cccc([N+](=O)[O-])c2)c1Br. The van der Waals surface area contributed by atoms with E-state index < -0.39 is 10.9 Å². The van der Waals surface area contributed by atoms with Gasteiger partial charge in [0.05, 0.1) is 9.40 Å². The minimum absolute atomic E-state index is 0.0840. The second-order valence-corrected chi connectivity index (χ2v) is 4.17. The number of aromatic nitrogens is 2. The summed E-state index contributed by atoms with van der Waals surface area (Å²) in [6, 6.07) is 5.79. The summed E-state index contributed by atoms with van der Waals surface area (Å²) in [5, 5.41) is 25.7. The zero-order valence-corrected chi connectivity index (χ0v) is 10.3. The average molecular weight is 312 g/mol. The van der Waals surface area contributed by atoms with E-state index in [2.05, 4.69) is 26.1 Å². The number of carboxylic acids is 1. The van der Waals surface area contributed by atoms with Gasteiger partial charge in [0, 0.05) is 17.7 Å². The number of nitro groups is 1. The van der Waals surface area contributed by atoms with Gasteiger partial charge in [0.2, 0.25) is 0 Å². The van der Waals surface area contributed by atoms with E-state index in [4.69, 9.17) is 5.11 Å². The normalized spacial score (nSPS) is 10.3. The van der Waals surface area contributed by atoms with Gasteiger partial charge in [0.1, 0.15) is 5.69 Å². The van der Waals surface area contributed by atoms with Crippen LogP contribution in [0, 0.1) is 10.1 Å². The molecule has 0 fully saturated rings. The Labute approximate surface area is 109 Å². The molecule has 0 radical (unpaired) electrons.